The van der Waals surface area contributed by atoms with E-state index in [-0.39, 0.29) is 11.9 Å². The molecule has 2 aromatic rings. The maximum absolute atomic E-state index is 12.6. The fourth-order valence-electron chi connectivity index (χ4n) is 3.48. The first kappa shape index (κ1) is 21.0. The SMILES string of the molecule is CCc1cc(C(=O)OCC(=O)Nc2ccccc2C(=O)NC2CCCC2)sc1C. The summed E-state index contributed by atoms with van der Waals surface area (Å²) in [4.78, 5) is 38.6. The monoisotopic (exact) mass is 414 g/mol. The number of hydrogen-bond acceptors (Lipinski definition) is 5. The Morgan fingerprint density at radius 2 is 1.90 bits per heavy atom. The number of thiophene rings is 1. The molecule has 0 atom stereocenters. The Hall–Kier alpha value is -2.67. The quantitative estimate of drug-likeness (QED) is 0.669. The first-order valence-corrected chi connectivity index (χ1v) is 10.8. The van der Waals surface area contributed by atoms with Gasteiger partial charge in [0.2, 0.25) is 0 Å². The molecule has 0 saturated heterocycles. The molecule has 0 aliphatic heterocycles. The van der Waals surface area contributed by atoms with Gasteiger partial charge in [-0.05, 0) is 49.9 Å². The Morgan fingerprint density at radius 1 is 1.17 bits per heavy atom. The van der Waals surface area contributed by atoms with Crippen LogP contribution in [0.3, 0.4) is 0 Å². The van der Waals surface area contributed by atoms with Gasteiger partial charge in [0.25, 0.3) is 11.8 Å². The van der Waals surface area contributed by atoms with E-state index in [0.717, 1.165) is 42.5 Å². The lowest BCUT2D eigenvalue weighted by molar-refractivity contribution is -0.119. The van der Waals surface area contributed by atoms with Crippen molar-refractivity contribution in [1.29, 1.82) is 0 Å². The van der Waals surface area contributed by atoms with Crippen LogP contribution in [0, 0.1) is 6.92 Å². The number of amides is 2. The van der Waals surface area contributed by atoms with Crippen LogP contribution in [0.1, 0.15) is 63.1 Å². The molecule has 3 rings (SSSR count). The van der Waals surface area contributed by atoms with Crippen LogP contribution in [0.25, 0.3) is 0 Å². The molecule has 1 aliphatic carbocycles. The first-order valence-electron chi connectivity index (χ1n) is 9.94. The van der Waals surface area contributed by atoms with Crippen LogP contribution in [0.2, 0.25) is 0 Å². The minimum Gasteiger partial charge on any atom is -0.451 e. The van der Waals surface area contributed by atoms with E-state index in [1.807, 2.05) is 19.9 Å². The molecule has 1 aromatic carbocycles. The van der Waals surface area contributed by atoms with Crippen LogP contribution < -0.4 is 10.6 Å². The first-order chi connectivity index (χ1) is 14.0. The van der Waals surface area contributed by atoms with Gasteiger partial charge in [-0.2, -0.15) is 0 Å². The number of ether oxygens (including phenoxy) is 1. The summed E-state index contributed by atoms with van der Waals surface area (Å²) in [5, 5.41) is 5.70. The number of carbonyl (C=O) groups excluding carboxylic acids is 3. The summed E-state index contributed by atoms with van der Waals surface area (Å²) in [7, 11) is 0. The van der Waals surface area contributed by atoms with Crippen molar-refractivity contribution in [3.63, 3.8) is 0 Å². The zero-order valence-electron chi connectivity index (χ0n) is 16.7. The highest BCUT2D eigenvalue weighted by molar-refractivity contribution is 7.14. The maximum Gasteiger partial charge on any atom is 0.348 e. The molecular weight excluding hydrogens is 388 g/mol. The molecule has 154 valence electrons. The second kappa shape index (κ2) is 9.69. The van der Waals surface area contributed by atoms with Crippen LogP contribution in [0.5, 0.6) is 0 Å². The van der Waals surface area contributed by atoms with Gasteiger partial charge in [0.1, 0.15) is 4.88 Å². The highest BCUT2D eigenvalue weighted by atomic mass is 32.1. The van der Waals surface area contributed by atoms with E-state index < -0.39 is 18.5 Å². The summed E-state index contributed by atoms with van der Waals surface area (Å²) in [6.07, 6.45) is 5.06. The Morgan fingerprint density at radius 3 is 2.59 bits per heavy atom. The standard InChI is InChI=1S/C22H26N2O4S/c1-3-15-12-19(29-14(15)2)22(27)28-13-20(25)24-18-11-7-6-10-17(18)21(26)23-16-8-4-5-9-16/h6-7,10-12,16H,3-5,8-9,13H2,1-2H3,(H,23,26)(H,24,25). The van der Waals surface area contributed by atoms with Crippen LogP contribution in [0.15, 0.2) is 30.3 Å². The minimum atomic E-state index is -0.514. The van der Waals surface area contributed by atoms with E-state index in [0.29, 0.717) is 16.1 Å². The number of nitrogens with one attached hydrogen (secondary N) is 2. The molecule has 29 heavy (non-hydrogen) atoms. The molecule has 0 bridgehead atoms. The zero-order valence-corrected chi connectivity index (χ0v) is 17.6. The number of anilines is 1. The maximum atomic E-state index is 12.6. The molecule has 2 amide bonds. The van der Waals surface area contributed by atoms with Crippen molar-refractivity contribution in [2.24, 2.45) is 0 Å². The van der Waals surface area contributed by atoms with Crippen molar-refractivity contribution >= 4 is 34.8 Å². The number of carbonyl (C=O) groups is 3. The molecule has 6 nitrogen and oxygen atoms in total. The summed E-state index contributed by atoms with van der Waals surface area (Å²) < 4.78 is 5.14. The lowest BCUT2D eigenvalue weighted by Crippen LogP contribution is -2.33. The Bertz CT molecular complexity index is 900. The van der Waals surface area contributed by atoms with Crippen molar-refractivity contribution in [2.45, 2.75) is 52.0 Å². The third-order valence-corrected chi connectivity index (χ3v) is 6.15. The molecule has 1 heterocycles. The van der Waals surface area contributed by atoms with Gasteiger partial charge in [-0.15, -0.1) is 11.3 Å². The highest BCUT2D eigenvalue weighted by Crippen LogP contribution is 2.23. The highest BCUT2D eigenvalue weighted by Gasteiger charge is 2.20. The van der Waals surface area contributed by atoms with E-state index in [2.05, 4.69) is 10.6 Å². The number of rotatable bonds is 7. The number of hydrogen-bond donors (Lipinski definition) is 2. The van der Waals surface area contributed by atoms with Gasteiger partial charge in [-0.25, -0.2) is 4.79 Å². The Kier molecular flexibility index (Phi) is 7.04. The van der Waals surface area contributed by atoms with Crippen LogP contribution >= 0.6 is 11.3 Å². The topological polar surface area (TPSA) is 84.5 Å². The fourth-order valence-corrected chi connectivity index (χ4v) is 4.49. The van der Waals surface area contributed by atoms with E-state index in [9.17, 15) is 14.4 Å². The minimum absolute atomic E-state index is 0.189. The van der Waals surface area contributed by atoms with Crippen molar-refractivity contribution in [3.05, 3.63) is 51.2 Å². The molecule has 1 fully saturated rings. The predicted molar refractivity (Wildman–Crippen MR) is 114 cm³/mol. The largest absolute Gasteiger partial charge is 0.451 e. The van der Waals surface area contributed by atoms with Crippen LogP contribution in [-0.4, -0.2) is 30.4 Å². The van der Waals surface area contributed by atoms with Gasteiger partial charge in [0.05, 0.1) is 11.3 Å². The van der Waals surface area contributed by atoms with E-state index in [4.69, 9.17) is 4.74 Å². The van der Waals surface area contributed by atoms with Gasteiger partial charge in [-0.1, -0.05) is 31.9 Å². The average molecular weight is 415 g/mol. The predicted octanol–water partition coefficient (Wildman–Crippen LogP) is 4.09. The van der Waals surface area contributed by atoms with Gasteiger partial charge in [0, 0.05) is 10.9 Å². The van der Waals surface area contributed by atoms with Crippen molar-refractivity contribution < 1.29 is 19.1 Å². The van der Waals surface area contributed by atoms with Crippen molar-refractivity contribution in [1.82, 2.24) is 5.32 Å². The summed E-state index contributed by atoms with van der Waals surface area (Å²) in [5.74, 6) is -1.20. The van der Waals surface area contributed by atoms with E-state index in [1.54, 1.807) is 24.3 Å². The third kappa shape index (κ3) is 5.44. The van der Waals surface area contributed by atoms with Crippen molar-refractivity contribution in [3.8, 4) is 0 Å². The van der Waals surface area contributed by atoms with Crippen molar-refractivity contribution in [2.75, 3.05) is 11.9 Å². The molecule has 0 radical (unpaired) electrons. The molecule has 1 aromatic heterocycles. The fraction of sp³-hybridized carbons (Fsp3) is 0.409. The third-order valence-electron chi connectivity index (χ3n) is 5.07. The second-order valence-electron chi connectivity index (χ2n) is 7.17. The summed E-state index contributed by atoms with van der Waals surface area (Å²) in [6, 6.07) is 8.84. The van der Waals surface area contributed by atoms with Gasteiger partial charge in [0.15, 0.2) is 6.61 Å². The molecule has 7 heteroatoms. The molecule has 1 aliphatic rings. The molecular formula is C22H26N2O4S. The Labute approximate surface area is 174 Å². The van der Waals surface area contributed by atoms with Crippen LogP contribution in [-0.2, 0) is 16.0 Å². The average Bonchev–Trinajstić information content (AvgIpc) is 3.35. The lowest BCUT2D eigenvalue weighted by atomic mass is 10.1. The molecule has 0 unspecified atom stereocenters. The number of benzene rings is 1. The van der Waals surface area contributed by atoms with Crippen LogP contribution in [0.4, 0.5) is 5.69 Å². The summed E-state index contributed by atoms with van der Waals surface area (Å²) in [5.41, 5.74) is 1.92. The van der Waals surface area contributed by atoms with Gasteiger partial charge >= 0.3 is 5.97 Å². The lowest BCUT2D eigenvalue weighted by Gasteiger charge is -2.15. The zero-order chi connectivity index (χ0) is 20.8. The molecule has 0 spiro atoms. The molecule has 2 N–H and O–H groups in total. The Balaban J connectivity index is 1.57. The van der Waals surface area contributed by atoms with Gasteiger partial charge in [-0.3, -0.25) is 9.59 Å². The number of aryl methyl sites for hydroxylation is 2. The summed E-state index contributed by atoms with van der Waals surface area (Å²) >= 11 is 1.36. The van der Waals surface area contributed by atoms with E-state index >= 15 is 0 Å². The second-order valence-corrected chi connectivity index (χ2v) is 8.43. The normalized spacial score (nSPS) is 13.9. The molecule has 1 saturated carbocycles. The number of para-hydroxylation sites is 1. The van der Waals surface area contributed by atoms with E-state index in [1.165, 1.54) is 11.3 Å². The number of esters is 1. The smallest absolute Gasteiger partial charge is 0.348 e. The summed E-state index contributed by atoms with van der Waals surface area (Å²) in [6.45, 7) is 3.58. The van der Waals surface area contributed by atoms with Gasteiger partial charge < -0.3 is 15.4 Å².